The molecule has 1 spiro atoms. The van der Waals surface area contributed by atoms with Gasteiger partial charge in [-0.05, 0) is 69.1 Å². The number of carboxylic acids is 1. The molecule has 1 amide bonds. The van der Waals surface area contributed by atoms with Crippen LogP contribution in [0.3, 0.4) is 0 Å². The second-order valence-corrected chi connectivity index (χ2v) is 11.4. The maximum atomic E-state index is 15.1. The molecule has 0 aromatic heterocycles. The number of halogens is 2. The minimum Gasteiger partial charge on any atom is -0.478 e. The van der Waals surface area contributed by atoms with E-state index in [4.69, 9.17) is 0 Å². The molecular formula is C24H25F2N2O5S+. The van der Waals surface area contributed by atoms with Crippen molar-refractivity contribution in [1.29, 1.82) is 0 Å². The minimum atomic E-state index is -4.52. The van der Waals surface area contributed by atoms with E-state index in [0.717, 1.165) is 30.3 Å². The average Bonchev–Trinajstić information content (AvgIpc) is 3.58. The van der Waals surface area contributed by atoms with E-state index in [1.54, 1.807) is 0 Å². The number of nitrogens with one attached hydrogen (secondary N) is 1. The molecule has 180 valence electrons. The highest BCUT2D eigenvalue weighted by atomic mass is 32.2. The van der Waals surface area contributed by atoms with Crippen LogP contribution in [0.5, 0.6) is 0 Å². The van der Waals surface area contributed by atoms with Gasteiger partial charge < -0.3 is 10.4 Å². The number of carboxylic acid groups (broad SMARTS) is 1. The molecule has 1 aliphatic carbocycles. The molecule has 1 saturated heterocycles. The summed E-state index contributed by atoms with van der Waals surface area (Å²) in [6.07, 6.45) is 2.40. The molecular weight excluding hydrogens is 466 g/mol. The fourth-order valence-corrected chi connectivity index (χ4v) is 8.48. The van der Waals surface area contributed by atoms with Gasteiger partial charge in [-0.2, -0.15) is 8.42 Å². The van der Waals surface area contributed by atoms with Crippen LogP contribution in [0.25, 0.3) is 0 Å². The zero-order valence-corrected chi connectivity index (χ0v) is 19.4. The van der Waals surface area contributed by atoms with Crippen molar-refractivity contribution >= 4 is 27.6 Å². The lowest BCUT2D eigenvalue weighted by molar-refractivity contribution is -0.126. The molecule has 2 atom stereocenters. The molecule has 7 nitrogen and oxygen atoms in total. The number of carbonyl (C=O) groups is 2. The van der Waals surface area contributed by atoms with Crippen molar-refractivity contribution in [2.24, 2.45) is 5.92 Å². The first-order valence-corrected chi connectivity index (χ1v) is 12.7. The highest BCUT2D eigenvalue weighted by Crippen LogP contribution is 2.62. The Bertz CT molecular complexity index is 1300. The van der Waals surface area contributed by atoms with Crippen molar-refractivity contribution in [1.82, 2.24) is 9.21 Å². The normalized spacial score (nSPS) is 25.8. The Morgan fingerprint density at radius 3 is 2.24 bits per heavy atom. The monoisotopic (exact) mass is 491 g/mol. The molecule has 2 fully saturated rings. The lowest BCUT2D eigenvalue weighted by Gasteiger charge is -2.43. The summed E-state index contributed by atoms with van der Waals surface area (Å²) in [4.78, 5) is 25.1. The van der Waals surface area contributed by atoms with Gasteiger partial charge in [0.1, 0.15) is 22.6 Å². The van der Waals surface area contributed by atoms with Gasteiger partial charge >= 0.3 is 21.9 Å². The maximum absolute atomic E-state index is 15.1. The van der Waals surface area contributed by atoms with Gasteiger partial charge in [-0.15, -0.1) is 3.89 Å². The predicted octanol–water partition coefficient (Wildman–Crippen LogP) is 3.32. The van der Waals surface area contributed by atoms with E-state index >= 15 is 4.39 Å². The van der Waals surface area contributed by atoms with Crippen LogP contribution < -0.4 is 9.21 Å². The molecule has 1 saturated carbocycles. The van der Waals surface area contributed by atoms with Crippen LogP contribution in [0, 0.1) is 17.6 Å². The minimum absolute atomic E-state index is 0.0295. The molecule has 10 heteroatoms. The van der Waals surface area contributed by atoms with Gasteiger partial charge in [-0.1, -0.05) is 0 Å². The lowest BCUT2D eigenvalue weighted by atomic mass is 9.68. The molecule has 2 aliphatic heterocycles. The van der Waals surface area contributed by atoms with E-state index in [-0.39, 0.29) is 16.5 Å². The molecule has 2 unspecified atom stereocenters. The first-order valence-electron chi connectivity index (χ1n) is 11.3. The number of rotatable bonds is 4. The Labute approximate surface area is 196 Å². The van der Waals surface area contributed by atoms with Crippen LogP contribution in [-0.2, 0) is 20.2 Å². The van der Waals surface area contributed by atoms with Crippen molar-refractivity contribution < 1.29 is 31.9 Å². The third-order valence-electron chi connectivity index (χ3n) is 7.69. The average molecular weight is 492 g/mol. The maximum Gasteiger partial charge on any atom is 0.339 e. The van der Waals surface area contributed by atoms with Crippen LogP contribution in [0.2, 0.25) is 0 Å². The summed E-state index contributed by atoms with van der Waals surface area (Å²) in [6, 6.07) is 5.69. The van der Waals surface area contributed by atoms with Gasteiger partial charge in [-0.25, -0.2) is 18.4 Å². The first-order chi connectivity index (χ1) is 16.1. The molecule has 2 heterocycles. The number of fused-ring (bicyclic) bond motifs is 2. The van der Waals surface area contributed by atoms with E-state index in [1.807, 2.05) is 0 Å². The van der Waals surface area contributed by atoms with Gasteiger partial charge in [0.05, 0.1) is 17.9 Å². The van der Waals surface area contributed by atoms with Gasteiger partial charge in [-0.3, -0.25) is 0 Å². The number of piperidine rings is 1. The SMILES string of the molecule is CC(=O)[N+]1(S(=O)(=O)c2ccc(F)cc2)c2cc(F)c(C(=O)O)cc2C2(CCNCC2)C1C1CC1. The van der Waals surface area contributed by atoms with Crippen molar-refractivity contribution in [2.75, 3.05) is 13.1 Å². The standard InChI is InChI=1S/C24H24F2N2O5S/c1-14(29)28(34(32,33)17-6-4-16(25)5-7-17)21-13-20(26)18(23(30)31)12-19(21)24(8-10-27-11-9-24)22(28)15-2-3-15/h4-7,12-13,15,22,27H,2-3,8-11H2,1H3/p+1. The zero-order chi connectivity index (χ0) is 24.5. The van der Waals surface area contributed by atoms with Gasteiger partial charge in [0.25, 0.3) is 0 Å². The number of hydrogen-bond donors (Lipinski definition) is 2. The summed E-state index contributed by atoms with van der Waals surface area (Å²) < 4.78 is 56.3. The van der Waals surface area contributed by atoms with E-state index in [9.17, 15) is 27.5 Å². The van der Waals surface area contributed by atoms with Crippen LogP contribution in [-0.4, -0.2) is 44.5 Å². The van der Waals surface area contributed by atoms with Gasteiger partial charge in [0.2, 0.25) is 0 Å². The number of benzene rings is 2. The Morgan fingerprint density at radius 1 is 1.09 bits per heavy atom. The molecule has 2 aromatic carbocycles. The fourth-order valence-electron chi connectivity index (χ4n) is 6.24. The summed E-state index contributed by atoms with van der Waals surface area (Å²) in [6.45, 7) is 2.29. The highest BCUT2D eigenvalue weighted by molar-refractivity contribution is 7.91. The molecule has 2 N–H and O–H groups in total. The fraction of sp³-hybridized carbons (Fsp3) is 0.417. The summed E-state index contributed by atoms with van der Waals surface area (Å²) in [7, 11) is -4.52. The smallest absolute Gasteiger partial charge is 0.339 e. The third kappa shape index (κ3) is 2.95. The quantitative estimate of drug-likeness (QED) is 0.637. The number of carbonyl (C=O) groups excluding carboxylic acids is 1. The third-order valence-corrected chi connectivity index (χ3v) is 10.00. The van der Waals surface area contributed by atoms with Crippen molar-refractivity contribution in [3.05, 3.63) is 59.2 Å². The van der Waals surface area contributed by atoms with Gasteiger partial charge in [0.15, 0.2) is 5.69 Å². The summed E-state index contributed by atoms with van der Waals surface area (Å²) in [5.41, 5.74) is -0.990. The van der Waals surface area contributed by atoms with Crippen LogP contribution in [0.1, 0.15) is 48.5 Å². The first kappa shape index (κ1) is 23.1. The summed E-state index contributed by atoms with van der Waals surface area (Å²) >= 11 is 0. The number of amides is 1. The van der Waals surface area contributed by atoms with Crippen molar-refractivity contribution in [2.45, 2.75) is 49.0 Å². The largest absolute Gasteiger partial charge is 0.478 e. The second-order valence-electron chi connectivity index (χ2n) is 9.45. The number of quaternary nitrogens is 1. The number of aromatic carboxylic acids is 1. The number of sulfonamides is 1. The van der Waals surface area contributed by atoms with Crippen LogP contribution in [0.4, 0.5) is 14.5 Å². The second kappa shape index (κ2) is 7.66. The van der Waals surface area contributed by atoms with Crippen molar-refractivity contribution in [3.63, 3.8) is 0 Å². The van der Waals surface area contributed by atoms with Crippen LogP contribution in [0.15, 0.2) is 41.3 Å². The van der Waals surface area contributed by atoms with E-state index in [1.165, 1.54) is 13.0 Å². The Kier molecular flexibility index (Phi) is 5.20. The molecule has 5 rings (SSSR count). The Hall–Kier alpha value is -2.69. The van der Waals surface area contributed by atoms with Gasteiger partial charge in [0, 0.05) is 17.5 Å². The summed E-state index contributed by atoms with van der Waals surface area (Å²) in [5, 5.41) is 12.9. The van der Waals surface area contributed by atoms with Crippen LogP contribution >= 0.6 is 0 Å². The van der Waals surface area contributed by atoms with Crippen molar-refractivity contribution in [3.8, 4) is 0 Å². The molecule has 2 aromatic rings. The van der Waals surface area contributed by atoms with E-state index in [0.29, 0.717) is 44.3 Å². The van der Waals surface area contributed by atoms with E-state index in [2.05, 4.69) is 5.32 Å². The lowest BCUT2D eigenvalue weighted by Crippen LogP contribution is -2.67. The molecule has 34 heavy (non-hydrogen) atoms. The summed E-state index contributed by atoms with van der Waals surface area (Å²) in [5.74, 6) is -3.98. The topological polar surface area (TPSA) is 101 Å². The molecule has 0 bridgehead atoms. The molecule has 3 aliphatic rings. The highest BCUT2D eigenvalue weighted by Gasteiger charge is 2.73. The number of nitrogens with zero attached hydrogens (tertiary/aromatic N) is 1. The Balaban J connectivity index is 1.90. The molecule has 0 radical (unpaired) electrons. The van der Waals surface area contributed by atoms with E-state index < -0.39 is 54.4 Å². The zero-order valence-electron chi connectivity index (χ0n) is 18.6. The number of hydrogen-bond acceptors (Lipinski definition) is 5. The predicted molar refractivity (Wildman–Crippen MR) is 120 cm³/mol. The Morgan fingerprint density at radius 2 is 1.71 bits per heavy atom.